The van der Waals surface area contributed by atoms with Crippen molar-refractivity contribution in [1.29, 1.82) is 0 Å². The number of methoxy groups -OCH3 is 1. The summed E-state index contributed by atoms with van der Waals surface area (Å²) in [6, 6.07) is 12.3. The Kier molecular flexibility index (Phi) is 2.75. The van der Waals surface area contributed by atoms with Gasteiger partial charge < -0.3 is 9.72 Å². The van der Waals surface area contributed by atoms with Crippen LogP contribution in [0.5, 0.6) is 5.75 Å². The van der Waals surface area contributed by atoms with Crippen molar-refractivity contribution in [3.63, 3.8) is 0 Å². The first-order valence-corrected chi connectivity index (χ1v) is 6.29. The van der Waals surface area contributed by atoms with Gasteiger partial charge in [0, 0.05) is 0 Å². The largest absolute Gasteiger partial charge is 0.496 e. The average molecular weight is 252 g/mol. The van der Waals surface area contributed by atoms with E-state index in [0.29, 0.717) is 0 Å². The number of nitrogens with zero attached hydrogens (tertiary/aromatic N) is 1. The summed E-state index contributed by atoms with van der Waals surface area (Å²) in [4.78, 5) is 8.06. The maximum atomic E-state index is 5.42. The van der Waals surface area contributed by atoms with Gasteiger partial charge in [-0.3, -0.25) is 0 Å². The Morgan fingerprint density at radius 1 is 1.11 bits per heavy atom. The molecule has 0 aliphatic rings. The van der Waals surface area contributed by atoms with E-state index in [0.717, 1.165) is 28.2 Å². The third-order valence-electron chi connectivity index (χ3n) is 3.32. The first kappa shape index (κ1) is 11.8. The Labute approximate surface area is 112 Å². The van der Waals surface area contributed by atoms with Crippen LogP contribution in [-0.4, -0.2) is 17.1 Å². The second kappa shape index (κ2) is 4.43. The molecule has 0 amide bonds. The molecule has 0 spiro atoms. The molecular formula is C16H16N2O. The fourth-order valence-electron chi connectivity index (χ4n) is 2.31. The van der Waals surface area contributed by atoms with E-state index in [9.17, 15) is 0 Å². The fourth-order valence-corrected chi connectivity index (χ4v) is 2.31. The molecule has 0 aliphatic carbocycles. The van der Waals surface area contributed by atoms with Crippen LogP contribution in [0, 0.1) is 13.8 Å². The van der Waals surface area contributed by atoms with Crippen LogP contribution in [0.15, 0.2) is 36.4 Å². The second-order valence-electron chi connectivity index (χ2n) is 4.76. The average Bonchev–Trinajstić information content (AvgIpc) is 2.84. The Bertz CT molecular complexity index is 744. The Balaban J connectivity index is 2.24. The number of rotatable bonds is 2. The Morgan fingerprint density at radius 2 is 1.95 bits per heavy atom. The molecule has 1 N–H and O–H groups in total. The van der Waals surface area contributed by atoms with Crippen molar-refractivity contribution in [2.45, 2.75) is 13.8 Å². The van der Waals surface area contributed by atoms with Crippen LogP contribution in [0.4, 0.5) is 0 Å². The van der Waals surface area contributed by atoms with E-state index < -0.39 is 0 Å². The second-order valence-corrected chi connectivity index (χ2v) is 4.76. The maximum absolute atomic E-state index is 5.42. The van der Waals surface area contributed by atoms with Crippen LogP contribution in [0.3, 0.4) is 0 Å². The van der Waals surface area contributed by atoms with Gasteiger partial charge in [-0.15, -0.1) is 0 Å². The molecule has 96 valence electrons. The molecule has 19 heavy (non-hydrogen) atoms. The number of imidazole rings is 1. The summed E-state index contributed by atoms with van der Waals surface area (Å²) in [6.45, 7) is 4.14. The van der Waals surface area contributed by atoms with E-state index in [4.69, 9.17) is 9.72 Å². The van der Waals surface area contributed by atoms with Crippen molar-refractivity contribution in [3.8, 4) is 17.1 Å². The summed E-state index contributed by atoms with van der Waals surface area (Å²) in [5.41, 5.74) is 5.43. The van der Waals surface area contributed by atoms with Crippen molar-refractivity contribution in [2.75, 3.05) is 7.11 Å². The van der Waals surface area contributed by atoms with Crippen LogP contribution in [-0.2, 0) is 0 Å². The number of benzene rings is 2. The van der Waals surface area contributed by atoms with E-state index in [1.165, 1.54) is 11.1 Å². The third kappa shape index (κ3) is 1.97. The van der Waals surface area contributed by atoms with Crippen LogP contribution >= 0.6 is 0 Å². The molecule has 3 rings (SSSR count). The highest BCUT2D eigenvalue weighted by Gasteiger charge is 2.11. The molecule has 3 heteroatoms. The number of ether oxygens (including phenoxy) is 1. The van der Waals surface area contributed by atoms with E-state index in [-0.39, 0.29) is 0 Å². The molecular weight excluding hydrogens is 236 g/mol. The molecule has 0 unspecified atom stereocenters. The fraction of sp³-hybridized carbons (Fsp3) is 0.188. The van der Waals surface area contributed by atoms with Gasteiger partial charge in [-0.1, -0.05) is 23.8 Å². The topological polar surface area (TPSA) is 37.9 Å². The lowest BCUT2D eigenvalue weighted by molar-refractivity contribution is 0.416. The molecule has 3 aromatic rings. The van der Waals surface area contributed by atoms with Crippen molar-refractivity contribution in [1.82, 2.24) is 9.97 Å². The molecule has 0 atom stereocenters. The van der Waals surface area contributed by atoms with Crippen LogP contribution in [0.25, 0.3) is 22.4 Å². The molecule has 0 saturated heterocycles. The minimum atomic E-state index is 0.835. The number of aromatic amines is 1. The summed E-state index contributed by atoms with van der Waals surface area (Å²) >= 11 is 0. The molecule has 0 saturated carbocycles. The predicted octanol–water partition coefficient (Wildman–Crippen LogP) is 3.86. The first-order chi connectivity index (χ1) is 9.19. The van der Waals surface area contributed by atoms with Crippen LogP contribution < -0.4 is 4.74 Å². The normalized spacial score (nSPS) is 10.9. The lowest BCUT2D eigenvalue weighted by Gasteiger charge is -2.06. The number of aromatic nitrogens is 2. The SMILES string of the molecule is COc1ccc(C)cc1-c1nc2c(C)cccc2[nH]1. The minimum Gasteiger partial charge on any atom is -0.496 e. The van der Waals surface area contributed by atoms with E-state index in [1.54, 1.807) is 7.11 Å². The van der Waals surface area contributed by atoms with Gasteiger partial charge >= 0.3 is 0 Å². The zero-order valence-corrected chi connectivity index (χ0v) is 11.3. The number of nitrogens with one attached hydrogen (secondary N) is 1. The smallest absolute Gasteiger partial charge is 0.142 e. The highest BCUT2D eigenvalue weighted by molar-refractivity contribution is 5.83. The molecule has 0 bridgehead atoms. The number of hydrogen-bond donors (Lipinski definition) is 1. The summed E-state index contributed by atoms with van der Waals surface area (Å²) in [7, 11) is 1.68. The van der Waals surface area contributed by atoms with E-state index in [2.05, 4.69) is 31.0 Å². The number of H-pyrrole nitrogens is 1. The molecule has 1 heterocycles. The van der Waals surface area contributed by atoms with Crippen LogP contribution in [0.1, 0.15) is 11.1 Å². The first-order valence-electron chi connectivity index (χ1n) is 6.29. The number of para-hydroxylation sites is 1. The van der Waals surface area contributed by atoms with Gasteiger partial charge in [0.1, 0.15) is 11.6 Å². The summed E-state index contributed by atoms with van der Waals surface area (Å²) in [5.74, 6) is 1.69. The highest BCUT2D eigenvalue weighted by atomic mass is 16.5. The van der Waals surface area contributed by atoms with Gasteiger partial charge in [-0.2, -0.15) is 0 Å². The van der Waals surface area contributed by atoms with Crippen LogP contribution in [0.2, 0.25) is 0 Å². The van der Waals surface area contributed by atoms with Gasteiger partial charge in [-0.25, -0.2) is 4.98 Å². The van der Waals surface area contributed by atoms with Crippen molar-refractivity contribution >= 4 is 11.0 Å². The summed E-state index contributed by atoms with van der Waals surface area (Å²) < 4.78 is 5.42. The predicted molar refractivity (Wildman–Crippen MR) is 77.6 cm³/mol. The van der Waals surface area contributed by atoms with Gasteiger partial charge in [0.2, 0.25) is 0 Å². The lowest BCUT2D eigenvalue weighted by Crippen LogP contribution is -1.90. The molecule has 3 nitrogen and oxygen atoms in total. The van der Waals surface area contributed by atoms with Gasteiger partial charge in [-0.05, 0) is 37.6 Å². The molecule has 1 aromatic heterocycles. The Morgan fingerprint density at radius 3 is 2.68 bits per heavy atom. The summed E-state index contributed by atoms with van der Waals surface area (Å²) in [5, 5.41) is 0. The molecule has 0 aliphatic heterocycles. The van der Waals surface area contributed by atoms with Crippen molar-refractivity contribution < 1.29 is 4.74 Å². The standard InChI is InChI=1S/C16H16N2O/c1-10-7-8-14(19-3)12(9-10)16-17-13-6-4-5-11(2)15(13)18-16/h4-9H,1-3H3,(H,17,18). The number of fused-ring (bicyclic) bond motifs is 1. The van der Waals surface area contributed by atoms with Gasteiger partial charge in [0.15, 0.2) is 0 Å². The molecule has 0 radical (unpaired) electrons. The number of hydrogen-bond acceptors (Lipinski definition) is 2. The third-order valence-corrected chi connectivity index (χ3v) is 3.32. The van der Waals surface area contributed by atoms with Gasteiger partial charge in [0.25, 0.3) is 0 Å². The van der Waals surface area contributed by atoms with E-state index in [1.807, 2.05) is 24.3 Å². The lowest BCUT2D eigenvalue weighted by atomic mass is 10.1. The maximum Gasteiger partial charge on any atom is 0.142 e. The molecule has 2 aromatic carbocycles. The quantitative estimate of drug-likeness (QED) is 0.752. The highest BCUT2D eigenvalue weighted by Crippen LogP contribution is 2.30. The number of aryl methyl sites for hydroxylation is 2. The van der Waals surface area contributed by atoms with E-state index >= 15 is 0 Å². The Hall–Kier alpha value is -2.29. The zero-order chi connectivity index (χ0) is 13.4. The van der Waals surface area contributed by atoms with Crippen molar-refractivity contribution in [3.05, 3.63) is 47.5 Å². The minimum absolute atomic E-state index is 0.835. The van der Waals surface area contributed by atoms with Gasteiger partial charge in [0.05, 0.1) is 23.7 Å². The molecule has 0 fully saturated rings. The summed E-state index contributed by atoms with van der Waals surface area (Å²) in [6.07, 6.45) is 0. The van der Waals surface area contributed by atoms with Crippen molar-refractivity contribution in [2.24, 2.45) is 0 Å². The monoisotopic (exact) mass is 252 g/mol. The zero-order valence-electron chi connectivity index (χ0n) is 11.3.